The van der Waals surface area contributed by atoms with Crippen molar-refractivity contribution in [2.24, 2.45) is 5.92 Å². The van der Waals surface area contributed by atoms with Crippen molar-refractivity contribution in [1.29, 1.82) is 5.26 Å². The summed E-state index contributed by atoms with van der Waals surface area (Å²) in [7, 11) is 0. The third-order valence-corrected chi connectivity index (χ3v) is 7.17. The number of hydrogen-bond donors (Lipinski definition) is 1. The Morgan fingerprint density at radius 1 is 1.25 bits per heavy atom. The van der Waals surface area contributed by atoms with Gasteiger partial charge in [-0.2, -0.15) is 10.4 Å². The third kappa shape index (κ3) is 3.77. The lowest BCUT2D eigenvalue weighted by Crippen LogP contribution is -2.49. The van der Waals surface area contributed by atoms with E-state index in [0.717, 1.165) is 24.8 Å². The van der Waals surface area contributed by atoms with Gasteiger partial charge in [0.05, 0.1) is 36.0 Å². The third-order valence-electron chi connectivity index (χ3n) is 7.17. The smallest absolute Gasteiger partial charge is 0.322 e. The van der Waals surface area contributed by atoms with Crippen LogP contribution in [0.4, 0.5) is 10.5 Å². The number of likely N-dealkylation sites (tertiary alicyclic amines) is 1. The second-order valence-electron chi connectivity index (χ2n) is 9.50. The molecule has 3 amide bonds. The van der Waals surface area contributed by atoms with E-state index in [4.69, 9.17) is 14.7 Å². The standard InChI is InChI=1S/C26H26N6O4/c1-16-20(25(33)30-13-17(12-27)14-30)15-32-24(16)22(7-8-28-32)36-19-5-6-21-23(11-19)35-10-9-31(21)26(34)29-18-3-2-4-18/h5-8,11,15,17-18H,2-4,9-10,13-14H2,1H3,(H,29,34). The Bertz CT molecular complexity index is 1400. The number of nitrogens with one attached hydrogen (secondary N) is 1. The first-order valence-corrected chi connectivity index (χ1v) is 12.2. The Hall–Kier alpha value is -4.26. The van der Waals surface area contributed by atoms with Crippen molar-refractivity contribution in [3.8, 4) is 23.3 Å². The molecule has 1 N–H and O–H groups in total. The number of rotatable bonds is 4. The maximum Gasteiger partial charge on any atom is 0.322 e. The summed E-state index contributed by atoms with van der Waals surface area (Å²) in [6.45, 7) is 3.65. The highest BCUT2D eigenvalue weighted by atomic mass is 16.5. The van der Waals surface area contributed by atoms with E-state index in [1.807, 2.05) is 13.0 Å². The number of anilines is 1. The van der Waals surface area contributed by atoms with Gasteiger partial charge in [0, 0.05) is 37.5 Å². The van der Waals surface area contributed by atoms with Gasteiger partial charge in [0.2, 0.25) is 0 Å². The van der Waals surface area contributed by atoms with Crippen molar-refractivity contribution < 1.29 is 19.1 Å². The minimum absolute atomic E-state index is 0.0990. The van der Waals surface area contributed by atoms with Crippen LogP contribution in [0.2, 0.25) is 0 Å². The molecule has 2 aromatic heterocycles. The zero-order valence-corrected chi connectivity index (χ0v) is 19.9. The number of nitrogens with zero attached hydrogens (tertiary/aromatic N) is 5. The van der Waals surface area contributed by atoms with Crippen LogP contribution in [-0.4, -0.2) is 58.7 Å². The van der Waals surface area contributed by atoms with Crippen molar-refractivity contribution >= 4 is 23.1 Å². The van der Waals surface area contributed by atoms with Crippen LogP contribution < -0.4 is 19.7 Å². The summed E-state index contributed by atoms with van der Waals surface area (Å²) < 4.78 is 13.7. The summed E-state index contributed by atoms with van der Waals surface area (Å²) in [4.78, 5) is 29.1. The topological polar surface area (TPSA) is 112 Å². The quantitative estimate of drug-likeness (QED) is 0.604. The monoisotopic (exact) mass is 486 g/mol. The van der Waals surface area contributed by atoms with Crippen molar-refractivity contribution in [2.45, 2.75) is 32.2 Å². The lowest BCUT2D eigenvalue weighted by Gasteiger charge is -2.35. The van der Waals surface area contributed by atoms with Gasteiger partial charge in [0.15, 0.2) is 5.75 Å². The van der Waals surface area contributed by atoms with Gasteiger partial charge in [-0.15, -0.1) is 0 Å². The number of amides is 3. The molecule has 2 fully saturated rings. The highest BCUT2D eigenvalue weighted by Crippen LogP contribution is 2.38. The Morgan fingerprint density at radius 2 is 2.08 bits per heavy atom. The van der Waals surface area contributed by atoms with Gasteiger partial charge in [-0.3, -0.25) is 9.69 Å². The van der Waals surface area contributed by atoms with E-state index in [-0.39, 0.29) is 23.9 Å². The molecule has 0 unspecified atom stereocenters. The average Bonchev–Trinajstić information content (AvgIpc) is 3.17. The molecular formula is C26H26N6O4. The van der Waals surface area contributed by atoms with Crippen molar-refractivity contribution in [2.75, 3.05) is 31.1 Å². The predicted molar refractivity (Wildman–Crippen MR) is 130 cm³/mol. The van der Waals surface area contributed by atoms with Crippen LogP contribution in [-0.2, 0) is 0 Å². The normalized spacial score (nSPS) is 17.4. The molecule has 2 aliphatic heterocycles. The summed E-state index contributed by atoms with van der Waals surface area (Å²) in [5.74, 6) is 1.47. The summed E-state index contributed by atoms with van der Waals surface area (Å²) in [5.41, 5.74) is 2.70. The van der Waals surface area contributed by atoms with Gasteiger partial charge in [0.25, 0.3) is 5.91 Å². The Morgan fingerprint density at radius 3 is 2.83 bits per heavy atom. The van der Waals surface area contributed by atoms with Crippen LogP contribution in [0.15, 0.2) is 36.7 Å². The summed E-state index contributed by atoms with van der Waals surface area (Å²) >= 11 is 0. The highest BCUT2D eigenvalue weighted by molar-refractivity contribution is 5.99. The van der Waals surface area contributed by atoms with Crippen LogP contribution >= 0.6 is 0 Å². The molecule has 3 aromatic rings. The molecule has 10 nitrogen and oxygen atoms in total. The molecule has 6 rings (SSSR count). The molecule has 10 heteroatoms. The van der Waals surface area contributed by atoms with E-state index in [0.29, 0.717) is 60.3 Å². The second-order valence-corrected chi connectivity index (χ2v) is 9.50. The number of carbonyl (C=O) groups is 2. The Kier molecular flexibility index (Phi) is 5.40. The van der Waals surface area contributed by atoms with Crippen LogP contribution in [0, 0.1) is 24.2 Å². The first-order valence-electron chi connectivity index (χ1n) is 12.2. The fourth-order valence-corrected chi connectivity index (χ4v) is 4.82. The highest BCUT2D eigenvalue weighted by Gasteiger charge is 2.33. The van der Waals surface area contributed by atoms with Gasteiger partial charge in [-0.05, 0) is 43.9 Å². The van der Waals surface area contributed by atoms with E-state index in [9.17, 15) is 9.59 Å². The molecule has 3 aliphatic rings. The first-order chi connectivity index (χ1) is 17.5. The van der Waals surface area contributed by atoms with Gasteiger partial charge in [0.1, 0.15) is 23.6 Å². The molecule has 0 spiro atoms. The lowest BCUT2D eigenvalue weighted by molar-refractivity contribution is 0.0576. The minimum Gasteiger partial charge on any atom is -0.489 e. The minimum atomic E-state index is -0.113. The lowest BCUT2D eigenvalue weighted by atomic mass is 9.93. The molecule has 4 heterocycles. The summed E-state index contributed by atoms with van der Waals surface area (Å²) in [6, 6.07) is 9.53. The van der Waals surface area contributed by atoms with Crippen LogP contribution in [0.5, 0.6) is 17.2 Å². The number of nitriles is 1. The zero-order valence-electron chi connectivity index (χ0n) is 19.9. The molecule has 0 atom stereocenters. The van der Waals surface area contributed by atoms with Crippen LogP contribution in [0.3, 0.4) is 0 Å². The zero-order chi connectivity index (χ0) is 24.8. The average molecular weight is 487 g/mol. The molecule has 0 radical (unpaired) electrons. The largest absolute Gasteiger partial charge is 0.489 e. The number of benzene rings is 1. The maximum absolute atomic E-state index is 13.0. The van der Waals surface area contributed by atoms with Crippen molar-refractivity contribution in [3.05, 3.63) is 47.8 Å². The summed E-state index contributed by atoms with van der Waals surface area (Å²) in [6.07, 6.45) is 6.53. The van der Waals surface area contributed by atoms with Crippen molar-refractivity contribution in [3.63, 3.8) is 0 Å². The molecule has 184 valence electrons. The van der Waals surface area contributed by atoms with Gasteiger partial charge >= 0.3 is 6.03 Å². The van der Waals surface area contributed by atoms with Crippen LogP contribution in [0.1, 0.15) is 35.2 Å². The molecular weight excluding hydrogens is 460 g/mol. The van der Waals surface area contributed by atoms with Crippen molar-refractivity contribution in [1.82, 2.24) is 19.8 Å². The maximum atomic E-state index is 13.0. The number of ether oxygens (including phenoxy) is 2. The van der Waals surface area contributed by atoms with E-state index in [1.165, 1.54) is 0 Å². The molecule has 1 aliphatic carbocycles. The number of aromatic nitrogens is 2. The molecule has 0 bridgehead atoms. The van der Waals surface area contributed by atoms with Gasteiger partial charge in [-0.1, -0.05) is 0 Å². The number of carbonyl (C=O) groups excluding carboxylic acids is 2. The van der Waals surface area contributed by atoms with E-state index in [2.05, 4.69) is 16.5 Å². The summed E-state index contributed by atoms with van der Waals surface area (Å²) in [5, 5.41) is 16.5. The van der Waals surface area contributed by atoms with E-state index >= 15 is 0 Å². The van der Waals surface area contributed by atoms with Gasteiger partial charge in [-0.25, -0.2) is 9.31 Å². The molecule has 1 aromatic carbocycles. The van der Waals surface area contributed by atoms with E-state index in [1.54, 1.807) is 44.9 Å². The predicted octanol–water partition coefficient (Wildman–Crippen LogP) is 3.49. The number of fused-ring (bicyclic) bond motifs is 2. The SMILES string of the molecule is Cc1c(C(=O)N2CC(C#N)C2)cn2nccc(Oc3ccc4c(c3)OCCN4C(=O)NC3CCC3)c12. The van der Waals surface area contributed by atoms with Crippen LogP contribution in [0.25, 0.3) is 5.52 Å². The first kappa shape index (κ1) is 22.2. The Balaban J connectivity index is 1.25. The Labute approximate surface area is 208 Å². The number of aryl methyl sites for hydroxylation is 1. The number of hydrogen-bond acceptors (Lipinski definition) is 6. The molecule has 1 saturated heterocycles. The molecule has 36 heavy (non-hydrogen) atoms. The fraction of sp³-hybridized carbons (Fsp3) is 0.385. The second kappa shape index (κ2) is 8.75. The van der Waals surface area contributed by atoms with Gasteiger partial charge < -0.3 is 19.7 Å². The fourth-order valence-electron chi connectivity index (χ4n) is 4.82. The number of urea groups is 1. The molecule has 1 saturated carbocycles. The van der Waals surface area contributed by atoms with E-state index < -0.39 is 0 Å².